The van der Waals surface area contributed by atoms with Crippen molar-refractivity contribution in [2.45, 2.75) is 19.3 Å². The van der Waals surface area contributed by atoms with Crippen LogP contribution >= 0.6 is 34.8 Å². The van der Waals surface area contributed by atoms with Gasteiger partial charge in [0.15, 0.2) is 23.1 Å². The molecule has 0 spiro atoms. The summed E-state index contributed by atoms with van der Waals surface area (Å²) in [7, 11) is 0. The molecule has 9 heteroatoms. The van der Waals surface area contributed by atoms with E-state index in [1.54, 1.807) is 36.5 Å². The highest BCUT2D eigenvalue weighted by Gasteiger charge is 2.16. The summed E-state index contributed by atoms with van der Waals surface area (Å²) in [4.78, 5) is 16.6. The van der Waals surface area contributed by atoms with Crippen molar-refractivity contribution < 1.29 is 18.7 Å². The van der Waals surface area contributed by atoms with E-state index in [1.807, 2.05) is 0 Å². The van der Waals surface area contributed by atoms with E-state index in [-0.39, 0.29) is 12.3 Å². The number of nitrogens with zero attached hydrogens (tertiary/aromatic N) is 1. The van der Waals surface area contributed by atoms with Gasteiger partial charge in [-0.25, -0.2) is 4.98 Å². The lowest BCUT2D eigenvalue weighted by Gasteiger charge is -2.12. The molecule has 0 bridgehead atoms. The first kappa shape index (κ1) is 20.8. The van der Waals surface area contributed by atoms with Gasteiger partial charge in [-0.1, -0.05) is 34.8 Å². The summed E-state index contributed by atoms with van der Waals surface area (Å²) >= 11 is 18.4. The lowest BCUT2D eigenvalue weighted by atomic mass is 10.2. The van der Waals surface area contributed by atoms with E-state index < -0.39 is 0 Å². The molecule has 156 valence electrons. The van der Waals surface area contributed by atoms with Gasteiger partial charge in [0.25, 0.3) is 0 Å². The zero-order valence-corrected chi connectivity index (χ0v) is 18.0. The average Bonchev–Trinajstić information content (AvgIpc) is 3.06. The third-order valence-electron chi connectivity index (χ3n) is 4.43. The molecule has 0 fully saturated rings. The molecular formula is C21H17Cl3N2O4. The molecule has 4 rings (SSSR count). The molecule has 0 aliphatic carbocycles. The fourth-order valence-corrected chi connectivity index (χ4v) is 3.66. The SMILES string of the molecule is O=C(CCc1ncc(-c2ccc(Cl)cc2Cl)o1)Nc1cc2c(cc1Cl)OCCCO2. The predicted octanol–water partition coefficient (Wildman–Crippen LogP) is 6.03. The Bertz CT molecular complexity index is 1080. The number of amides is 1. The molecule has 2 aromatic carbocycles. The molecule has 0 unspecified atom stereocenters. The highest BCUT2D eigenvalue weighted by atomic mass is 35.5. The summed E-state index contributed by atoms with van der Waals surface area (Å²) in [6.45, 7) is 1.11. The number of aromatic nitrogens is 1. The Morgan fingerprint density at radius 1 is 1.03 bits per heavy atom. The second kappa shape index (κ2) is 9.16. The number of carbonyl (C=O) groups excluding carboxylic acids is 1. The minimum Gasteiger partial charge on any atom is -0.490 e. The van der Waals surface area contributed by atoms with Crippen molar-refractivity contribution in [3.8, 4) is 22.8 Å². The number of rotatable bonds is 5. The second-order valence-corrected chi connectivity index (χ2v) is 7.87. The number of oxazole rings is 1. The number of hydrogen-bond donors (Lipinski definition) is 1. The van der Waals surface area contributed by atoms with E-state index >= 15 is 0 Å². The first-order valence-electron chi connectivity index (χ1n) is 9.29. The maximum Gasteiger partial charge on any atom is 0.224 e. The molecular weight excluding hydrogens is 451 g/mol. The lowest BCUT2D eigenvalue weighted by Crippen LogP contribution is -2.13. The van der Waals surface area contributed by atoms with Crippen molar-refractivity contribution >= 4 is 46.4 Å². The van der Waals surface area contributed by atoms with Gasteiger partial charge in [-0.2, -0.15) is 0 Å². The van der Waals surface area contributed by atoms with Crippen molar-refractivity contribution in [2.75, 3.05) is 18.5 Å². The van der Waals surface area contributed by atoms with Crippen LogP contribution in [-0.4, -0.2) is 24.1 Å². The van der Waals surface area contributed by atoms with Gasteiger partial charge in [0.1, 0.15) is 0 Å². The smallest absolute Gasteiger partial charge is 0.224 e. The van der Waals surface area contributed by atoms with Crippen molar-refractivity contribution in [2.24, 2.45) is 0 Å². The third-order valence-corrected chi connectivity index (χ3v) is 5.29. The average molecular weight is 468 g/mol. The minimum absolute atomic E-state index is 0.166. The largest absolute Gasteiger partial charge is 0.490 e. The van der Waals surface area contributed by atoms with Gasteiger partial charge < -0.3 is 19.2 Å². The van der Waals surface area contributed by atoms with Gasteiger partial charge in [0, 0.05) is 42.0 Å². The molecule has 0 radical (unpaired) electrons. The van der Waals surface area contributed by atoms with Crippen LogP contribution in [0.4, 0.5) is 5.69 Å². The Labute approximate surface area is 188 Å². The van der Waals surface area contributed by atoms with Crippen LogP contribution in [-0.2, 0) is 11.2 Å². The number of hydrogen-bond acceptors (Lipinski definition) is 5. The molecule has 0 saturated carbocycles. The van der Waals surface area contributed by atoms with Crippen molar-refractivity contribution in [3.63, 3.8) is 0 Å². The quantitative estimate of drug-likeness (QED) is 0.495. The van der Waals surface area contributed by atoms with Crippen LogP contribution in [0.2, 0.25) is 15.1 Å². The summed E-state index contributed by atoms with van der Waals surface area (Å²) in [6.07, 6.45) is 2.84. The van der Waals surface area contributed by atoms with E-state index in [1.165, 1.54) is 0 Å². The maximum atomic E-state index is 12.4. The molecule has 0 saturated heterocycles. The molecule has 1 N–H and O–H groups in total. The number of carbonyl (C=O) groups is 1. The zero-order chi connectivity index (χ0) is 21.1. The second-order valence-electron chi connectivity index (χ2n) is 6.62. The normalized spacial score (nSPS) is 13.0. The topological polar surface area (TPSA) is 73.6 Å². The van der Waals surface area contributed by atoms with Crippen molar-refractivity contribution in [1.29, 1.82) is 0 Å². The van der Waals surface area contributed by atoms with Crippen LogP contribution in [0.1, 0.15) is 18.7 Å². The number of fused-ring (bicyclic) bond motifs is 1. The first-order chi connectivity index (χ1) is 14.5. The standard InChI is InChI=1S/C21H17Cl3N2O4/c22-12-2-3-13(14(23)8-12)19-11-25-21(30-19)5-4-20(27)26-16-10-18-17(9-15(16)24)28-6-1-7-29-18/h2-3,8-11H,1,4-7H2,(H,26,27). The molecule has 1 amide bonds. The van der Waals surface area contributed by atoms with Gasteiger partial charge in [-0.15, -0.1) is 0 Å². The molecule has 1 aliphatic heterocycles. The Hall–Kier alpha value is -2.41. The molecule has 1 aliphatic rings. The highest BCUT2D eigenvalue weighted by Crippen LogP contribution is 2.37. The van der Waals surface area contributed by atoms with Crippen molar-refractivity contribution in [3.05, 3.63) is 57.5 Å². The van der Waals surface area contributed by atoms with Crippen LogP contribution in [0.3, 0.4) is 0 Å². The van der Waals surface area contributed by atoms with Crippen LogP contribution in [0.25, 0.3) is 11.3 Å². The van der Waals surface area contributed by atoms with E-state index in [2.05, 4.69) is 10.3 Å². The molecule has 0 atom stereocenters. The summed E-state index contributed by atoms with van der Waals surface area (Å²) in [5.41, 5.74) is 1.15. The van der Waals surface area contributed by atoms with Gasteiger partial charge in [0.05, 0.1) is 35.1 Å². The number of halogens is 3. The number of benzene rings is 2. The monoisotopic (exact) mass is 466 g/mol. The summed E-state index contributed by atoms with van der Waals surface area (Å²) in [6, 6.07) is 8.43. The number of ether oxygens (including phenoxy) is 2. The predicted molar refractivity (Wildman–Crippen MR) is 116 cm³/mol. The summed E-state index contributed by atoms with van der Waals surface area (Å²) < 4.78 is 16.9. The number of aryl methyl sites for hydroxylation is 1. The highest BCUT2D eigenvalue weighted by molar-refractivity contribution is 6.36. The van der Waals surface area contributed by atoms with Gasteiger partial charge in [-0.05, 0) is 18.2 Å². The molecule has 2 heterocycles. The fraction of sp³-hybridized carbons (Fsp3) is 0.238. The van der Waals surface area contributed by atoms with Crippen LogP contribution in [0, 0.1) is 0 Å². The minimum atomic E-state index is -0.226. The lowest BCUT2D eigenvalue weighted by molar-refractivity contribution is -0.116. The van der Waals surface area contributed by atoms with E-state index in [0.717, 1.165) is 6.42 Å². The zero-order valence-electron chi connectivity index (χ0n) is 15.7. The summed E-state index contributed by atoms with van der Waals surface area (Å²) in [5, 5.41) is 4.17. The Morgan fingerprint density at radius 2 is 1.80 bits per heavy atom. The molecule has 3 aromatic rings. The van der Waals surface area contributed by atoms with E-state index in [0.29, 0.717) is 69.1 Å². The number of anilines is 1. The van der Waals surface area contributed by atoms with E-state index in [9.17, 15) is 4.79 Å². The Kier molecular flexibility index (Phi) is 6.37. The Morgan fingerprint density at radius 3 is 2.57 bits per heavy atom. The van der Waals surface area contributed by atoms with Crippen LogP contribution in [0.5, 0.6) is 11.5 Å². The van der Waals surface area contributed by atoms with Gasteiger partial charge >= 0.3 is 0 Å². The molecule has 30 heavy (non-hydrogen) atoms. The Balaban J connectivity index is 1.39. The van der Waals surface area contributed by atoms with Crippen LogP contribution in [0.15, 0.2) is 40.9 Å². The maximum absolute atomic E-state index is 12.4. The number of nitrogens with one attached hydrogen (secondary N) is 1. The molecule has 6 nitrogen and oxygen atoms in total. The van der Waals surface area contributed by atoms with Gasteiger partial charge in [-0.3, -0.25) is 4.79 Å². The van der Waals surface area contributed by atoms with Crippen LogP contribution < -0.4 is 14.8 Å². The first-order valence-corrected chi connectivity index (χ1v) is 10.4. The van der Waals surface area contributed by atoms with Crippen molar-refractivity contribution in [1.82, 2.24) is 4.98 Å². The fourth-order valence-electron chi connectivity index (χ4n) is 2.95. The summed E-state index contributed by atoms with van der Waals surface area (Å²) in [5.74, 6) is 1.85. The third kappa shape index (κ3) is 4.83. The van der Waals surface area contributed by atoms with E-state index in [4.69, 9.17) is 48.7 Å². The van der Waals surface area contributed by atoms with Gasteiger partial charge in [0.2, 0.25) is 5.91 Å². The molecule has 1 aromatic heterocycles.